The van der Waals surface area contributed by atoms with E-state index in [1.54, 1.807) is 41.0 Å². The number of anilines is 1. The van der Waals surface area contributed by atoms with Gasteiger partial charge in [0.05, 0.1) is 23.0 Å². The zero-order valence-electron chi connectivity index (χ0n) is 17.3. The molecule has 2 aromatic carbocycles. The highest BCUT2D eigenvalue weighted by Crippen LogP contribution is 2.26. The van der Waals surface area contributed by atoms with Crippen molar-refractivity contribution in [3.63, 3.8) is 0 Å². The summed E-state index contributed by atoms with van der Waals surface area (Å²) in [5.41, 5.74) is 2.13. The molecule has 10 heteroatoms. The van der Waals surface area contributed by atoms with E-state index in [9.17, 15) is 9.59 Å². The smallest absolute Gasteiger partial charge is 0.251 e. The fraction of sp³-hybridized carbons (Fsp3) is 0.182. The van der Waals surface area contributed by atoms with Crippen LogP contribution in [0.4, 0.5) is 5.69 Å². The molecule has 0 saturated carbocycles. The summed E-state index contributed by atoms with van der Waals surface area (Å²) < 4.78 is 1.80. The summed E-state index contributed by atoms with van der Waals surface area (Å²) in [6.07, 6.45) is 1.70. The lowest BCUT2D eigenvalue weighted by molar-refractivity contribution is -0.113. The SMILES string of the molecule is C=CCn1c(CNC(=O)c2ccc(C)cc2)nnc1SCC(=O)Nc1ccc(Cl)cc1Cl. The third-order valence-electron chi connectivity index (χ3n) is 4.36. The van der Waals surface area contributed by atoms with Crippen molar-refractivity contribution in [1.29, 1.82) is 0 Å². The number of aryl methyl sites for hydroxylation is 1. The van der Waals surface area contributed by atoms with Gasteiger partial charge in [0.2, 0.25) is 5.91 Å². The molecule has 0 saturated heterocycles. The van der Waals surface area contributed by atoms with Gasteiger partial charge in [-0.1, -0.05) is 58.7 Å². The number of carbonyl (C=O) groups excluding carboxylic acids is 2. The highest BCUT2D eigenvalue weighted by molar-refractivity contribution is 7.99. The molecule has 1 aromatic heterocycles. The molecule has 166 valence electrons. The van der Waals surface area contributed by atoms with E-state index in [0.29, 0.717) is 38.8 Å². The monoisotopic (exact) mass is 489 g/mol. The second-order valence-corrected chi connectivity index (χ2v) is 8.59. The average molecular weight is 490 g/mol. The van der Waals surface area contributed by atoms with Crippen LogP contribution < -0.4 is 10.6 Å². The molecule has 0 fully saturated rings. The number of rotatable bonds is 9. The van der Waals surface area contributed by atoms with E-state index >= 15 is 0 Å². The van der Waals surface area contributed by atoms with Crippen LogP contribution in [0.2, 0.25) is 10.0 Å². The van der Waals surface area contributed by atoms with Gasteiger partial charge in [0.1, 0.15) is 0 Å². The number of aromatic nitrogens is 3. The molecule has 32 heavy (non-hydrogen) atoms. The largest absolute Gasteiger partial charge is 0.345 e. The van der Waals surface area contributed by atoms with Gasteiger partial charge in [-0.2, -0.15) is 0 Å². The maximum atomic E-state index is 12.4. The summed E-state index contributed by atoms with van der Waals surface area (Å²) in [4.78, 5) is 24.7. The van der Waals surface area contributed by atoms with Gasteiger partial charge in [-0.3, -0.25) is 9.59 Å². The fourth-order valence-corrected chi connectivity index (χ4v) is 3.96. The fourth-order valence-electron chi connectivity index (χ4n) is 2.74. The number of nitrogens with one attached hydrogen (secondary N) is 2. The van der Waals surface area contributed by atoms with Gasteiger partial charge in [0.25, 0.3) is 5.91 Å². The molecule has 0 spiro atoms. The van der Waals surface area contributed by atoms with Crippen LogP contribution in [-0.2, 0) is 17.9 Å². The number of amides is 2. The first kappa shape index (κ1) is 23.8. The van der Waals surface area contributed by atoms with Crippen molar-refractivity contribution >= 4 is 52.5 Å². The van der Waals surface area contributed by atoms with Crippen LogP contribution >= 0.6 is 35.0 Å². The number of allylic oxidation sites excluding steroid dienone is 1. The Labute approximate surface area is 200 Å². The lowest BCUT2D eigenvalue weighted by Crippen LogP contribution is -2.24. The average Bonchev–Trinajstić information content (AvgIpc) is 3.15. The van der Waals surface area contributed by atoms with Gasteiger partial charge in [0.15, 0.2) is 11.0 Å². The summed E-state index contributed by atoms with van der Waals surface area (Å²) in [5, 5.41) is 15.3. The normalized spacial score (nSPS) is 10.6. The molecule has 0 atom stereocenters. The second-order valence-electron chi connectivity index (χ2n) is 6.81. The van der Waals surface area contributed by atoms with E-state index in [0.717, 1.165) is 5.56 Å². The third kappa shape index (κ3) is 6.35. The Bertz CT molecular complexity index is 1130. The maximum absolute atomic E-state index is 12.4. The predicted octanol–water partition coefficient (Wildman–Crippen LogP) is 4.74. The Morgan fingerprint density at radius 2 is 1.91 bits per heavy atom. The van der Waals surface area contributed by atoms with Gasteiger partial charge in [-0.05, 0) is 37.3 Å². The number of benzene rings is 2. The van der Waals surface area contributed by atoms with Gasteiger partial charge >= 0.3 is 0 Å². The molecule has 3 rings (SSSR count). The van der Waals surface area contributed by atoms with E-state index in [-0.39, 0.29) is 24.1 Å². The van der Waals surface area contributed by atoms with Crippen molar-refractivity contribution in [2.24, 2.45) is 0 Å². The van der Waals surface area contributed by atoms with Crippen molar-refractivity contribution in [2.75, 3.05) is 11.1 Å². The Morgan fingerprint density at radius 3 is 2.59 bits per heavy atom. The molecule has 3 aromatic rings. The van der Waals surface area contributed by atoms with Crippen LogP contribution in [0.5, 0.6) is 0 Å². The van der Waals surface area contributed by atoms with Crippen molar-refractivity contribution in [3.8, 4) is 0 Å². The molecule has 1 heterocycles. The lowest BCUT2D eigenvalue weighted by Gasteiger charge is -2.10. The summed E-state index contributed by atoms with van der Waals surface area (Å²) in [6.45, 7) is 6.36. The summed E-state index contributed by atoms with van der Waals surface area (Å²) >= 11 is 13.2. The zero-order valence-corrected chi connectivity index (χ0v) is 19.6. The second kappa shape index (κ2) is 11.2. The first-order valence-electron chi connectivity index (χ1n) is 9.63. The van der Waals surface area contributed by atoms with Crippen LogP contribution in [0.3, 0.4) is 0 Å². The summed E-state index contributed by atoms with van der Waals surface area (Å²) in [6, 6.07) is 12.1. The first-order chi connectivity index (χ1) is 15.4. The number of thioether (sulfide) groups is 1. The molecular weight excluding hydrogens is 469 g/mol. The van der Waals surface area contributed by atoms with Gasteiger partial charge in [-0.25, -0.2) is 0 Å². The quantitative estimate of drug-likeness (QED) is 0.334. The van der Waals surface area contributed by atoms with E-state index in [4.69, 9.17) is 23.2 Å². The van der Waals surface area contributed by atoms with Crippen molar-refractivity contribution in [1.82, 2.24) is 20.1 Å². The molecule has 0 aliphatic carbocycles. The predicted molar refractivity (Wildman–Crippen MR) is 128 cm³/mol. The summed E-state index contributed by atoms with van der Waals surface area (Å²) in [7, 11) is 0. The van der Waals surface area contributed by atoms with Crippen molar-refractivity contribution in [2.45, 2.75) is 25.2 Å². The van der Waals surface area contributed by atoms with Gasteiger partial charge in [0, 0.05) is 17.1 Å². The Morgan fingerprint density at radius 1 is 1.16 bits per heavy atom. The van der Waals surface area contributed by atoms with Crippen LogP contribution in [0.1, 0.15) is 21.7 Å². The summed E-state index contributed by atoms with van der Waals surface area (Å²) in [5.74, 6) is 0.214. The highest BCUT2D eigenvalue weighted by atomic mass is 35.5. The van der Waals surface area contributed by atoms with Crippen LogP contribution in [0.15, 0.2) is 60.3 Å². The third-order valence-corrected chi connectivity index (χ3v) is 5.88. The highest BCUT2D eigenvalue weighted by Gasteiger charge is 2.15. The minimum Gasteiger partial charge on any atom is -0.345 e. The standard InChI is InChI=1S/C22H21Cl2N5O2S/c1-3-10-29-19(12-25-21(31)15-6-4-14(2)5-7-15)27-28-22(29)32-13-20(30)26-18-9-8-16(23)11-17(18)24/h3-9,11H,1,10,12-13H2,2H3,(H,25,31)(H,26,30). The molecule has 7 nitrogen and oxygen atoms in total. The Hall–Kier alpha value is -2.81. The number of nitrogens with zero attached hydrogens (tertiary/aromatic N) is 3. The number of carbonyl (C=O) groups is 2. The Kier molecular flexibility index (Phi) is 8.33. The molecule has 0 bridgehead atoms. The van der Waals surface area contributed by atoms with Gasteiger partial charge in [-0.15, -0.1) is 16.8 Å². The lowest BCUT2D eigenvalue weighted by atomic mass is 10.1. The number of hydrogen-bond donors (Lipinski definition) is 2. The Balaban J connectivity index is 1.61. The molecule has 2 amide bonds. The van der Waals surface area contributed by atoms with Crippen molar-refractivity contribution < 1.29 is 9.59 Å². The number of halogens is 2. The molecule has 0 unspecified atom stereocenters. The molecule has 0 aliphatic rings. The zero-order chi connectivity index (χ0) is 23.1. The molecule has 2 N–H and O–H groups in total. The van der Waals surface area contributed by atoms with Gasteiger partial charge < -0.3 is 15.2 Å². The van der Waals surface area contributed by atoms with E-state index in [1.165, 1.54) is 11.8 Å². The minimum absolute atomic E-state index is 0.101. The number of hydrogen-bond acceptors (Lipinski definition) is 5. The maximum Gasteiger partial charge on any atom is 0.251 e. The van der Waals surface area contributed by atoms with E-state index < -0.39 is 0 Å². The molecule has 0 aliphatic heterocycles. The minimum atomic E-state index is -0.249. The topological polar surface area (TPSA) is 88.9 Å². The molecule has 0 radical (unpaired) electrons. The van der Waals surface area contributed by atoms with Crippen LogP contribution in [0, 0.1) is 6.92 Å². The van der Waals surface area contributed by atoms with Crippen molar-refractivity contribution in [3.05, 3.63) is 82.1 Å². The van der Waals surface area contributed by atoms with E-state index in [1.807, 2.05) is 19.1 Å². The first-order valence-corrected chi connectivity index (χ1v) is 11.4. The van der Waals surface area contributed by atoms with Crippen LogP contribution in [-0.4, -0.2) is 32.3 Å². The van der Waals surface area contributed by atoms with Crippen LogP contribution in [0.25, 0.3) is 0 Å². The molecular formula is C22H21Cl2N5O2S. The van der Waals surface area contributed by atoms with E-state index in [2.05, 4.69) is 27.4 Å².